The van der Waals surface area contributed by atoms with Gasteiger partial charge in [0.2, 0.25) is 0 Å². The zero-order valence-corrected chi connectivity index (χ0v) is 12.1. The fourth-order valence-corrected chi connectivity index (χ4v) is 3.57. The van der Waals surface area contributed by atoms with Crippen LogP contribution in [-0.2, 0) is 0 Å². The second-order valence-electron chi connectivity index (χ2n) is 6.78. The molecule has 1 aliphatic carbocycles. The maximum atomic E-state index is 4.08. The summed E-state index contributed by atoms with van der Waals surface area (Å²) in [5, 5.41) is 3.79. The van der Waals surface area contributed by atoms with Crippen molar-refractivity contribution in [1.29, 1.82) is 0 Å². The highest BCUT2D eigenvalue weighted by molar-refractivity contribution is 5.14. The molecule has 0 bridgehead atoms. The zero-order chi connectivity index (χ0) is 13.2. The van der Waals surface area contributed by atoms with Crippen LogP contribution >= 0.6 is 0 Å². The molecule has 1 N–H and O–H groups in total. The predicted octanol–water partition coefficient (Wildman–Crippen LogP) is 3.95. The molecule has 0 spiro atoms. The van der Waals surface area contributed by atoms with Crippen LogP contribution in [0, 0.1) is 11.3 Å². The molecule has 1 aliphatic rings. The van der Waals surface area contributed by atoms with Crippen molar-refractivity contribution in [3.05, 3.63) is 30.1 Å². The Kier molecular flexibility index (Phi) is 4.06. The Hall–Kier alpha value is -0.890. The molecule has 2 unspecified atom stereocenters. The third kappa shape index (κ3) is 3.55. The molecule has 0 saturated heterocycles. The van der Waals surface area contributed by atoms with E-state index in [4.69, 9.17) is 0 Å². The van der Waals surface area contributed by atoms with E-state index in [1.807, 2.05) is 12.4 Å². The number of pyridine rings is 1. The van der Waals surface area contributed by atoms with Crippen molar-refractivity contribution in [2.24, 2.45) is 11.3 Å². The van der Waals surface area contributed by atoms with Gasteiger partial charge in [-0.3, -0.25) is 4.98 Å². The highest BCUT2D eigenvalue weighted by atomic mass is 15.0. The first-order valence-electron chi connectivity index (χ1n) is 7.12. The van der Waals surface area contributed by atoms with Crippen molar-refractivity contribution >= 4 is 0 Å². The third-order valence-corrected chi connectivity index (χ3v) is 4.08. The number of nitrogens with one attached hydrogen (secondary N) is 1. The van der Waals surface area contributed by atoms with Gasteiger partial charge in [-0.15, -0.1) is 0 Å². The van der Waals surface area contributed by atoms with Gasteiger partial charge in [0, 0.05) is 24.5 Å². The second-order valence-corrected chi connectivity index (χ2v) is 6.78. The molecular weight excluding hydrogens is 220 g/mol. The molecule has 2 rings (SSSR count). The molecule has 0 aromatic carbocycles. The van der Waals surface area contributed by atoms with Crippen molar-refractivity contribution in [1.82, 2.24) is 10.3 Å². The van der Waals surface area contributed by atoms with Gasteiger partial charge in [-0.2, -0.15) is 0 Å². The molecule has 1 saturated carbocycles. The van der Waals surface area contributed by atoms with Crippen LogP contribution in [0.4, 0.5) is 0 Å². The SMILES string of the molecule is CC1CC(N[C@H](C)c2ccncc2)CC(C)(C)C1. The minimum atomic E-state index is 0.416. The molecule has 1 fully saturated rings. The van der Waals surface area contributed by atoms with Crippen LogP contribution in [0.1, 0.15) is 58.6 Å². The van der Waals surface area contributed by atoms with Gasteiger partial charge in [-0.05, 0) is 55.2 Å². The number of nitrogens with zero attached hydrogens (tertiary/aromatic N) is 1. The van der Waals surface area contributed by atoms with Crippen LogP contribution in [0.15, 0.2) is 24.5 Å². The van der Waals surface area contributed by atoms with Crippen molar-refractivity contribution < 1.29 is 0 Å². The number of aromatic nitrogens is 1. The summed E-state index contributed by atoms with van der Waals surface area (Å²) in [5.41, 5.74) is 1.81. The van der Waals surface area contributed by atoms with E-state index in [0.717, 1.165) is 5.92 Å². The molecule has 0 aliphatic heterocycles. The normalized spacial score (nSPS) is 28.9. The van der Waals surface area contributed by atoms with E-state index in [-0.39, 0.29) is 0 Å². The van der Waals surface area contributed by atoms with E-state index in [9.17, 15) is 0 Å². The molecule has 100 valence electrons. The van der Waals surface area contributed by atoms with E-state index < -0.39 is 0 Å². The van der Waals surface area contributed by atoms with Crippen molar-refractivity contribution in [3.63, 3.8) is 0 Å². The van der Waals surface area contributed by atoms with Gasteiger partial charge in [0.25, 0.3) is 0 Å². The molecule has 1 heterocycles. The zero-order valence-electron chi connectivity index (χ0n) is 12.1. The number of hydrogen-bond acceptors (Lipinski definition) is 2. The van der Waals surface area contributed by atoms with Crippen LogP contribution in [-0.4, -0.2) is 11.0 Å². The topological polar surface area (TPSA) is 24.9 Å². The summed E-state index contributed by atoms with van der Waals surface area (Å²) in [6.45, 7) is 9.43. The standard InChI is InChI=1S/C16H26N2/c1-12-9-15(11-16(3,4)10-12)18-13(2)14-5-7-17-8-6-14/h5-8,12-13,15,18H,9-11H2,1-4H3/t12?,13-,15?/m1/s1. The van der Waals surface area contributed by atoms with Gasteiger partial charge < -0.3 is 5.32 Å². The van der Waals surface area contributed by atoms with Crippen molar-refractivity contribution in [2.45, 2.75) is 59.0 Å². The summed E-state index contributed by atoms with van der Waals surface area (Å²) in [6, 6.07) is 5.27. The number of rotatable bonds is 3. The first kappa shape index (κ1) is 13.5. The average molecular weight is 246 g/mol. The van der Waals surface area contributed by atoms with E-state index >= 15 is 0 Å². The van der Waals surface area contributed by atoms with Crippen LogP contribution in [0.25, 0.3) is 0 Å². The fourth-order valence-electron chi connectivity index (χ4n) is 3.57. The van der Waals surface area contributed by atoms with Crippen LogP contribution in [0.2, 0.25) is 0 Å². The van der Waals surface area contributed by atoms with Gasteiger partial charge in [-0.25, -0.2) is 0 Å². The molecule has 1 aromatic heterocycles. The van der Waals surface area contributed by atoms with E-state index in [0.29, 0.717) is 17.5 Å². The first-order chi connectivity index (χ1) is 8.46. The molecule has 1 aromatic rings. The van der Waals surface area contributed by atoms with Crippen molar-refractivity contribution in [3.8, 4) is 0 Å². The molecule has 2 heteroatoms. The minimum Gasteiger partial charge on any atom is -0.307 e. The van der Waals surface area contributed by atoms with Crippen molar-refractivity contribution in [2.75, 3.05) is 0 Å². The van der Waals surface area contributed by atoms with Gasteiger partial charge in [-0.1, -0.05) is 20.8 Å². The maximum Gasteiger partial charge on any atom is 0.0295 e. The molecule has 2 nitrogen and oxygen atoms in total. The average Bonchev–Trinajstić information content (AvgIpc) is 2.27. The monoisotopic (exact) mass is 246 g/mol. The summed E-state index contributed by atoms with van der Waals surface area (Å²) in [6.07, 6.45) is 7.70. The first-order valence-corrected chi connectivity index (χ1v) is 7.12. The van der Waals surface area contributed by atoms with Crippen LogP contribution in [0.5, 0.6) is 0 Å². The lowest BCUT2D eigenvalue weighted by Crippen LogP contribution is -2.41. The Morgan fingerprint density at radius 2 is 1.94 bits per heavy atom. The van der Waals surface area contributed by atoms with Crippen LogP contribution < -0.4 is 5.32 Å². The third-order valence-electron chi connectivity index (χ3n) is 4.08. The predicted molar refractivity (Wildman–Crippen MR) is 76.4 cm³/mol. The highest BCUT2D eigenvalue weighted by Crippen LogP contribution is 2.39. The quantitative estimate of drug-likeness (QED) is 0.873. The lowest BCUT2D eigenvalue weighted by Gasteiger charge is -2.40. The second kappa shape index (κ2) is 5.40. The molecular formula is C16H26N2. The Morgan fingerprint density at radius 3 is 2.56 bits per heavy atom. The van der Waals surface area contributed by atoms with Gasteiger partial charge in [0.05, 0.1) is 0 Å². The van der Waals surface area contributed by atoms with Gasteiger partial charge in [0.1, 0.15) is 0 Å². The summed E-state index contributed by atoms with van der Waals surface area (Å²) in [4.78, 5) is 4.08. The Morgan fingerprint density at radius 1 is 1.28 bits per heavy atom. The lowest BCUT2D eigenvalue weighted by atomic mass is 9.70. The fraction of sp³-hybridized carbons (Fsp3) is 0.688. The van der Waals surface area contributed by atoms with Gasteiger partial charge >= 0.3 is 0 Å². The minimum absolute atomic E-state index is 0.416. The maximum absolute atomic E-state index is 4.08. The van der Waals surface area contributed by atoms with E-state index in [1.54, 1.807) is 0 Å². The Bertz CT molecular complexity index is 372. The summed E-state index contributed by atoms with van der Waals surface area (Å²) >= 11 is 0. The lowest BCUT2D eigenvalue weighted by molar-refractivity contribution is 0.145. The molecule has 18 heavy (non-hydrogen) atoms. The Labute approximate surface area is 111 Å². The highest BCUT2D eigenvalue weighted by Gasteiger charge is 2.32. The van der Waals surface area contributed by atoms with E-state index in [2.05, 4.69) is 50.1 Å². The van der Waals surface area contributed by atoms with Crippen LogP contribution in [0.3, 0.4) is 0 Å². The number of hydrogen-bond donors (Lipinski definition) is 1. The summed E-state index contributed by atoms with van der Waals surface area (Å²) < 4.78 is 0. The Balaban J connectivity index is 1.97. The molecule has 0 amide bonds. The molecule has 3 atom stereocenters. The summed E-state index contributed by atoms with van der Waals surface area (Å²) in [5.74, 6) is 0.830. The largest absolute Gasteiger partial charge is 0.307 e. The van der Waals surface area contributed by atoms with Gasteiger partial charge in [0.15, 0.2) is 0 Å². The smallest absolute Gasteiger partial charge is 0.0295 e. The molecule has 0 radical (unpaired) electrons. The van der Waals surface area contributed by atoms with E-state index in [1.165, 1.54) is 24.8 Å². The summed E-state index contributed by atoms with van der Waals surface area (Å²) in [7, 11) is 0.